The number of esters is 2. The average Bonchev–Trinajstić information content (AvgIpc) is 2.67. The summed E-state index contributed by atoms with van der Waals surface area (Å²) >= 11 is 0. The van der Waals surface area contributed by atoms with E-state index >= 15 is 0 Å². The minimum Gasteiger partial charge on any atom is -0.491 e. The van der Waals surface area contributed by atoms with Crippen LogP contribution in [0.3, 0.4) is 0 Å². The van der Waals surface area contributed by atoms with Gasteiger partial charge in [0, 0.05) is 0 Å². The van der Waals surface area contributed by atoms with Crippen LogP contribution in [0.15, 0.2) is 48.5 Å². The molecule has 27 heavy (non-hydrogen) atoms. The van der Waals surface area contributed by atoms with Crippen LogP contribution >= 0.6 is 0 Å². The van der Waals surface area contributed by atoms with Crippen LogP contribution in [0.4, 0.5) is 0 Å². The molecule has 144 valence electrons. The van der Waals surface area contributed by atoms with Crippen LogP contribution < -0.4 is 9.47 Å². The molecular formula is C22H26O5. The van der Waals surface area contributed by atoms with Crippen LogP contribution in [0.1, 0.15) is 54.8 Å². The third-order valence-electron chi connectivity index (χ3n) is 3.85. The maximum Gasteiger partial charge on any atom is 0.343 e. The van der Waals surface area contributed by atoms with Crippen molar-refractivity contribution in [3.63, 3.8) is 0 Å². The number of carbonyl (C=O) groups is 2. The first kappa shape index (κ1) is 20.5. The summed E-state index contributed by atoms with van der Waals surface area (Å²) in [4.78, 5) is 24.1. The van der Waals surface area contributed by atoms with E-state index in [4.69, 9.17) is 14.2 Å². The number of hydrogen-bond acceptors (Lipinski definition) is 5. The van der Waals surface area contributed by atoms with Gasteiger partial charge in [0.05, 0.1) is 23.8 Å². The smallest absolute Gasteiger partial charge is 0.343 e. The number of rotatable bonds is 8. The van der Waals surface area contributed by atoms with Crippen molar-refractivity contribution < 1.29 is 23.8 Å². The predicted molar refractivity (Wildman–Crippen MR) is 103 cm³/mol. The molecule has 0 aliphatic rings. The molecule has 5 nitrogen and oxygen atoms in total. The Balaban J connectivity index is 1.94. The molecule has 0 aliphatic heterocycles. The second-order valence-electron chi connectivity index (χ2n) is 6.77. The monoisotopic (exact) mass is 370 g/mol. The molecule has 2 aromatic rings. The Kier molecular flexibility index (Phi) is 7.41. The van der Waals surface area contributed by atoms with Gasteiger partial charge in [0.2, 0.25) is 0 Å². The van der Waals surface area contributed by atoms with Crippen LogP contribution in [0.2, 0.25) is 0 Å². The SMILES string of the molecule is CCC(C)Oc1ccc(C(=O)Oc2ccc(C(=O)OCC(C)C)cc2)cc1. The Hall–Kier alpha value is -2.82. The van der Waals surface area contributed by atoms with Crippen molar-refractivity contribution >= 4 is 11.9 Å². The summed E-state index contributed by atoms with van der Waals surface area (Å²) in [6.45, 7) is 8.35. The first-order chi connectivity index (χ1) is 12.9. The molecule has 0 N–H and O–H groups in total. The quantitative estimate of drug-likeness (QED) is 0.489. The van der Waals surface area contributed by atoms with E-state index in [-0.39, 0.29) is 12.0 Å². The van der Waals surface area contributed by atoms with Gasteiger partial charge in [0.25, 0.3) is 0 Å². The lowest BCUT2D eigenvalue weighted by atomic mass is 10.2. The number of benzene rings is 2. The number of carbonyl (C=O) groups excluding carboxylic acids is 2. The molecule has 1 unspecified atom stereocenters. The zero-order valence-electron chi connectivity index (χ0n) is 16.2. The van der Waals surface area contributed by atoms with E-state index in [9.17, 15) is 9.59 Å². The van der Waals surface area contributed by atoms with Gasteiger partial charge in [0.15, 0.2) is 0 Å². The molecule has 0 amide bonds. The van der Waals surface area contributed by atoms with Crippen molar-refractivity contribution in [2.24, 2.45) is 5.92 Å². The molecule has 0 radical (unpaired) electrons. The highest BCUT2D eigenvalue weighted by molar-refractivity contribution is 5.92. The first-order valence-electron chi connectivity index (χ1n) is 9.15. The maximum absolute atomic E-state index is 12.2. The van der Waals surface area contributed by atoms with E-state index < -0.39 is 11.9 Å². The van der Waals surface area contributed by atoms with Crippen LogP contribution in [0, 0.1) is 5.92 Å². The molecule has 0 aliphatic carbocycles. The molecule has 5 heteroatoms. The second kappa shape index (κ2) is 9.76. The molecule has 0 saturated heterocycles. The highest BCUT2D eigenvalue weighted by atomic mass is 16.5. The minimum atomic E-state index is -0.472. The Labute approximate surface area is 160 Å². The summed E-state index contributed by atoms with van der Waals surface area (Å²) < 4.78 is 16.2. The van der Waals surface area contributed by atoms with Crippen LogP contribution in [0.5, 0.6) is 11.5 Å². The van der Waals surface area contributed by atoms with Gasteiger partial charge >= 0.3 is 11.9 Å². The summed E-state index contributed by atoms with van der Waals surface area (Å²) in [5.74, 6) is 0.486. The fourth-order valence-electron chi connectivity index (χ4n) is 2.14. The Bertz CT molecular complexity index is 747. The van der Waals surface area contributed by atoms with Gasteiger partial charge in [-0.1, -0.05) is 20.8 Å². The van der Waals surface area contributed by atoms with Gasteiger partial charge in [-0.05, 0) is 67.8 Å². The summed E-state index contributed by atoms with van der Waals surface area (Å²) in [7, 11) is 0. The van der Waals surface area contributed by atoms with Crippen molar-refractivity contribution in [3.8, 4) is 11.5 Å². The molecule has 0 saturated carbocycles. The second-order valence-corrected chi connectivity index (χ2v) is 6.77. The van der Waals surface area contributed by atoms with Crippen molar-refractivity contribution in [1.82, 2.24) is 0 Å². The summed E-state index contributed by atoms with van der Waals surface area (Å²) in [5.41, 5.74) is 0.842. The van der Waals surface area contributed by atoms with Crippen molar-refractivity contribution in [1.29, 1.82) is 0 Å². The fourth-order valence-corrected chi connectivity index (χ4v) is 2.14. The summed E-state index contributed by atoms with van der Waals surface area (Å²) in [5, 5.41) is 0. The highest BCUT2D eigenvalue weighted by Crippen LogP contribution is 2.18. The van der Waals surface area contributed by atoms with Crippen molar-refractivity contribution in [3.05, 3.63) is 59.7 Å². The van der Waals surface area contributed by atoms with Gasteiger partial charge in [-0.2, -0.15) is 0 Å². The Morgan fingerprint density at radius 2 is 1.33 bits per heavy atom. The molecule has 2 aromatic carbocycles. The van der Waals surface area contributed by atoms with Crippen molar-refractivity contribution in [2.75, 3.05) is 6.61 Å². The minimum absolute atomic E-state index is 0.119. The Morgan fingerprint density at radius 1 is 0.815 bits per heavy atom. The molecule has 0 fully saturated rings. The lowest BCUT2D eigenvalue weighted by molar-refractivity contribution is 0.0459. The Morgan fingerprint density at radius 3 is 1.85 bits per heavy atom. The molecule has 2 rings (SSSR count). The van der Waals surface area contributed by atoms with E-state index in [0.29, 0.717) is 29.2 Å². The predicted octanol–water partition coefficient (Wildman–Crippen LogP) is 4.90. The van der Waals surface area contributed by atoms with Crippen molar-refractivity contribution in [2.45, 2.75) is 40.2 Å². The lowest BCUT2D eigenvalue weighted by Gasteiger charge is -2.12. The van der Waals surface area contributed by atoms with E-state index in [2.05, 4.69) is 0 Å². The third-order valence-corrected chi connectivity index (χ3v) is 3.85. The maximum atomic E-state index is 12.2. The van der Waals surface area contributed by atoms with Crippen LogP contribution in [0.25, 0.3) is 0 Å². The van der Waals surface area contributed by atoms with Crippen LogP contribution in [-0.2, 0) is 4.74 Å². The topological polar surface area (TPSA) is 61.8 Å². The first-order valence-corrected chi connectivity index (χ1v) is 9.15. The van der Waals surface area contributed by atoms with Crippen LogP contribution in [-0.4, -0.2) is 24.6 Å². The standard InChI is InChI=1S/C22H26O5/c1-5-16(4)26-19-10-8-18(9-11-19)22(24)27-20-12-6-17(7-13-20)21(23)25-14-15(2)3/h6-13,15-16H,5,14H2,1-4H3. The average molecular weight is 370 g/mol. The van der Waals surface area contributed by atoms with Gasteiger partial charge < -0.3 is 14.2 Å². The van der Waals surface area contributed by atoms with Gasteiger partial charge in [-0.3, -0.25) is 0 Å². The normalized spacial score (nSPS) is 11.7. The van der Waals surface area contributed by atoms with E-state index in [0.717, 1.165) is 6.42 Å². The van der Waals surface area contributed by atoms with Gasteiger partial charge in [0.1, 0.15) is 11.5 Å². The highest BCUT2D eigenvalue weighted by Gasteiger charge is 2.12. The van der Waals surface area contributed by atoms with Gasteiger partial charge in [-0.15, -0.1) is 0 Å². The van der Waals surface area contributed by atoms with E-state index in [1.54, 1.807) is 48.5 Å². The third kappa shape index (κ3) is 6.44. The lowest BCUT2D eigenvalue weighted by Crippen LogP contribution is -2.11. The number of ether oxygens (including phenoxy) is 3. The zero-order chi connectivity index (χ0) is 19.8. The molecule has 0 heterocycles. The molecule has 0 bridgehead atoms. The molecule has 0 aromatic heterocycles. The zero-order valence-corrected chi connectivity index (χ0v) is 16.2. The molecule has 1 atom stereocenters. The summed E-state index contributed by atoms with van der Waals surface area (Å²) in [6, 6.07) is 13.1. The molecular weight excluding hydrogens is 344 g/mol. The van der Waals surface area contributed by atoms with E-state index in [1.165, 1.54) is 0 Å². The number of hydrogen-bond donors (Lipinski definition) is 0. The summed E-state index contributed by atoms with van der Waals surface area (Å²) in [6.07, 6.45) is 1.03. The molecule has 0 spiro atoms. The largest absolute Gasteiger partial charge is 0.491 e. The fraction of sp³-hybridized carbons (Fsp3) is 0.364. The van der Waals surface area contributed by atoms with E-state index in [1.807, 2.05) is 27.7 Å². The van der Waals surface area contributed by atoms with Gasteiger partial charge in [-0.25, -0.2) is 9.59 Å².